The molecular weight excluding hydrogens is 508 g/mol. The van der Waals surface area contributed by atoms with Gasteiger partial charge < -0.3 is 18.5 Å². The van der Waals surface area contributed by atoms with Gasteiger partial charge in [0, 0.05) is 23.6 Å². The van der Waals surface area contributed by atoms with Gasteiger partial charge in [-0.15, -0.1) is 13.2 Å². The summed E-state index contributed by atoms with van der Waals surface area (Å²) >= 11 is 0. The molecule has 0 bridgehead atoms. The molecule has 0 N–H and O–H groups in total. The average molecular weight is 527 g/mol. The second kappa shape index (κ2) is 10.1. The molecule has 4 aromatic rings. The van der Waals surface area contributed by atoms with Gasteiger partial charge in [-0.3, -0.25) is 0 Å². The minimum absolute atomic E-state index is 0.172. The molecule has 0 amide bonds. The van der Waals surface area contributed by atoms with E-state index in [1.54, 1.807) is 32.0 Å². The van der Waals surface area contributed by atoms with Crippen molar-refractivity contribution in [3.8, 4) is 34.1 Å². The fourth-order valence-corrected chi connectivity index (χ4v) is 3.58. The third-order valence-electron chi connectivity index (χ3n) is 5.14. The van der Waals surface area contributed by atoms with Crippen molar-refractivity contribution in [3.05, 3.63) is 65.2 Å². The molecule has 13 heteroatoms. The van der Waals surface area contributed by atoms with Gasteiger partial charge >= 0.3 is 18.4 Å². The summed E-state index contributed by atoms with van der Waals surface area (Å²) in [6, 6.07) is 10.2. The molecule has 2 aromatic carbocycles. The van der Waals surface area contributed by atoms with Gasteiger partial charge in [-0.1, -0.05) is 10.3 Å². The molecule has 0 atom stereocenters. The molecule has 0 aliphatic heterocycles. The number of nitrogens with zero attached hydrogens (tertiary/aromatic N) is 3. The van der Waals surface area contributed by atoms with E-state index in [9.17, 15) is 26.3 Å². The number of alkyl halides is 6. The molecule has 4 rings (SSSR count). The van der Waals surface area contributed by atoms with Gasteiger partial charge in [0.2, 0.25) is 5.82 Å². The summed E-state index contributed by atoms with van der Waals surface area (Å²) in [6.45, 7) is 3.83. The quantitative estimate of drug-likeness (QED) is 0.181. The van der Waals surface area contributed by atoms with E-state index in [2.05, 4.69) is 24.6 Å². The normalized spacial score (nSPS) is 12.1. The first-order chi connectivity index (χ1) is 17.4. The zero-order valence-corrected chi connectivity index (χ0v) is 19.4. The van der Waals surface area contributed by atoms with Crippen LogP contribution in [0.3, 0.4) is 0 Å². The highest BCUT2D eigenvalue weighted by atomic mass is 19.4. The summed E-state index contributed by atoms with van der Waals surface area (Å²) in [7, 11) is 0. The lowest BCUT2D eigenvalue weighted by Gasteiger charge is -2.13. The fourth-order valence-electron chi connectivity index (χ4n) is 3.58. The van der Waals surface area contributed by atoms with E-state index in [4.69, 9.17) is 9.26 Å². The molecule has 0 unspecified atom stereocenters. The van der Waals surface area contributed by atoms with Crippen molar-refractivity contribution in [2.75, 3.05) is 6.61 Å². The van der Waals surface area contributed by atoms with Crippen molar-refractivity contribution in [3.63, 3.8) is 0 Å². The highest BCUT2D eigenvalue weighted by molar-refractivity contribution is 5.61. The first-order valence-corrected chi connectivity index (χ1v) is 10.9. The van der Waals surface area contributed by atoms with E-state index in [0.717, 1.165) is 0 Å². The number of hydrogen-bond acceptors (Lipinski definition) is 7. The van der Waals surface area contributed by atoms with Gasteiger partial charge in [-0.2, -0.15) is 18.2 Å². The maximum Gasteiger partial charge on any atom is 0.573 e. The number of ether oxygens (including phenoxy) is 2. The van der Waals surface area contributed by atoms with Crippen LogP contribution in [0.1, 0.15) is 29.2 Å². The fraction of sp³-hybridized carbons (Fsp3) is 0.292. The van der Waals surface area contributed by atoms with Crippen molar-refractivity contribution in [1.29, 1.82) is 0 Å². The Balaban J connectivity index is 1.32. The summed E-state index contributed by atoms with van der Waals surface area (Å²) in [4.78, 5) is 3.40. The number of aromatic nitrogens is 3. The summed E-state index contributed by atoms with van der Waals surface area (Å²) < 4.78 is 94.3. The average Bonchev–Trinajstić information content (AvgIpc) is 3.48. The van der Waals surface area contributed by atoms with Crippen LogP contribution >= 0.6 is 0 Å². The molecule has 0 fully saturated rings. The van der Waals surface area contributed by atoms with Crippen LogP contribution in [0.4, 0.5) is 26.3 Å². The molecule has 7 nitrogen and oxygen atoms in total. The Labute approximate surface area is 206 Å². The van der Waals surface area contributed by atoms with Crippen molar-refractivity contribution < 1.29 is 44.9 Å². The summed E-state index contributed by atoms with van der Waals surface area (Å²) in [5.74, 6) is -0.771. The van der Waals surface area contributed by atoms with Gasteiger partial charge in [0.25, 0.3) is 0 Å². The highest BCUT2D eigenvalue weighted by Crippen LogP contribution is 2.33. The molecule has 0 aliphatic carbocycles. The van der Waals surface area contributed by atoms with E-state index >= 15 is 0 Å². The zero-order chi connectivity index (χ0) is 26.8. The van der Waals surface area contributed by atoms with E-state index in [1.165, 1.54) is 24.3 Å². The van der Waals surface area contributed by atoms with E-state index in [0.29, 0.717) is 58.9 Å². The first kappa shape index (κ1) is 26.0. The minimum atomic E-state index is -4.77. The van der Waals surface area contributed by atoms with E-state index in [-0.39, 0.29) is 11.6 Å². The lowest BCUT2D eigenvalue weighted by Crippen LogP contribution is -2.16. The Morgan fingerprint density at radius 2 is 1.51 bits per heavy atom. The Kier molecular flexibility index (Phi) is 7.14. The van der Waals surface area contributed by atoms with Crippen molar-refractivity contribution in [1.82, 2.24) is 15.3 Å². The number of halogens is 6. The maximum atomic E-state index is 12.7. The molecule has 0 aliphatic rings. The monoisotopic (exact) mass is 527 g/mol. The number of hydrogen-bond donors (Lipinski definition) is 0. The largest absolute Gasteiger partial charge is 0.573 e. The number of rotatable bonds is 8. The van der Waals surface area contributed by atoms with Crippen LogP contribution in [-0.2, 0) is 12.6 Å². The molecule has 196 valence electrons. The van der Waals surface area contributed by atoms with Crippen LogP contribution in [0.2, 0.25) is 0 Å². The predicted octanol–water partition coefficient (Wildman–Crippen LogP) is 6.94. The molecule has 37 heavy (non-hydrogen) atoms. The zero-order valence-electron chi connectivity index (χ0n) is 19.4. The van der Waals surface area contributed by atoms with Gasteiger partial charge in [-0.05, 0) is 67.8 Å². The molecule has 0 radical (unpaired) electrons. The van der Waals surface area contributed by atoms with Crippen LogP contribution in [0.15, 0.2) is 51.5 Å². The van der Waals surface area contributed by atoms with Crippen LogP contribution in [0.5, 0.6) is 11.5 Å². The molecular formula is C24H19F6N3O4. The third-order valence-corrected chi connectivity index (χ3v) is 5.14. The van der Waals surface area contributed by atoms with Gasteiger partial charge in [-0.25, -0.2) is 0 Å². The molecule has 2 heterocycles. The van der Waals surface area contributed by atoms with Crippen LogP contribution in [-0.4, -0.2) is 28.3 Å². The second-order valence-corrected chi connectivity index (χ2v) is 8.06. The van der Waals surface area contributed by atoms with E-state index in [1.807, 2.05) is 0 Å². The van der Waals surface area contributed by atoms with Crippen LogP contribution < -0.4 is 9.47 Å². The third kappa shape index (κ3) is 6.60. The number of benzene rings is 2. The van der Waals surface area contributed by atoms with Crippen LogP contribution in [0.25, 0.3) is 22.6 Å². The summed E-state index contributed by atoms with van der Waals surface area (Å²) in [5.41, 5.74) is 2.78. The van der Waals surface area contributed by atoms with E-state index < -0.39 is 18.4 Å². The van der Waals surface area contributed by atoms with Crippen LogP contribution in [0, 0.1) is 13.8 Å². The second-order valence-electron chi connectivity index (χ2n) is 8.06. The Hall–Kier alpha value is -4.03. The lowest BCUT2D eigenvalue weighted by atomic mass is 10.1. The molecule has 0 saturated carbocycles. The first-order valence-electron chi connectivity index (χ1n) is 10.9. The summed E-state index contributed by atoms with van der Waals surface area (Å²) in [6.07, 6.45) is -8.44. The topological polar surface area (TPSA) is 83.4 Å². The Bertz CT molecular complexity index is 1340. The van der Waals surface area contributed by atoms with Crippen molar-refractivity contribution in [2.45, 2.75) is 39.2 Å². The molecule has 0 spiro atoms. The summed E-state index contributed by atoms with van der Waals surface area (Å²) in [5, 5.41) is 7.34. The van der Waals surface area contributed by atoms with Crippen molar-refractivity contribution in [2.24, 2.45) is 0 Å². The SMILES string of the molecule is Cc1cc(-c2noc(C(F)(F)F)n2)cc(C)c1OCCCc1cc(-c2ccc(OC(F)(F)F)cc2)no1. The standard InChI is InChI=1S/C24H19F6N3O4/c1-13-10-16(21-31-22(37-33-21)23(25,26)27)11-14(2)20(13)34-9-3-4-18-12-19(32-36-18)15-5-7-17(8-6-15)35-24(28,29)30/h5-8,10-12H,3-4,9H2,1-2H3. The maximum absolute atomic E-state index is 12.7. The lowest BCUT2D eigenvalue weighted by molar-refractivity contribution is -0.274. The smallest absolute Gasteiger partial charge is 0.493 e. The van der Waals surface area contributed by atoms with Crippen molar-refractivity contribution >= 4 is 0 Å². The van der Waals surface area contributed by atoms with Gasteiger partial charge in [0.1, 0.15) is 23.0 Å². The Morgan fingerprint density at radius 1 is 0.838 bits per heavy atom. The highest BCUT2D eigenvalue weighted by Gasteiger charge is 2.38. The molecule has 0 saturated heterocycles. The van der Waals surface area contributed by atoms with Gasteiger partial charge in [0.15, 0.2) is 0 Å². The van der Waals surface area contributed by atoms with Gasteiger partial charge in [0.05, 0.1) is 6.61 Å². The minimum Gasteiger partial charge on any atom is -0.493 e. The Morgan fingerprint density at radius 3 is 2.11 bits per heavy atom. The predicted molar refractivity (Wildman–Crippen MR) is 117 cm³/mol. The molecule has 2 aromatic heterocycles. The number of aryl methyl sites for hydroxylation is 3.